The maximum atomic E-state index is 13.4. The molecule has 0 bridgehead atoms. The van der Waals surface area contributed by atoms with E-state index in [1.165, 1.54) is 11.8 Å². The standard InChI is InChI=1S/C28H31N3O4/c1-20(2)22-10-12-23(13-11-22)27(33)30-14-16-31(17-15-30)28(34)24(19-21-7-4-3-5-8-21)29-26(32)25-9-6-18-35-25/h3-13,18,20,24H,14-17,19H2,1-2H3,(H,29,32). The molecule has 0 radical (unpaired) electrons. The van der Waals surface area contributed by atoms with E-state index >= 15 is 0 Å². The maximum Gasteiger partial charge on any atom is 0.287 e. The first kappa shape index (κ1) is 24.3. The van der Waals surface area contributed by atoms with Crippen LogP contribution in [0, 0.1) is 0 Å². The van der Waals surface area contributed by atoms with Crippen LogP contribution in [0.4, 0.5) is 0 Å². The molecule has 182 valence electrons. The van der Waals surface area contributed by atoms with Crippen LogP contribution in [-0.4, -0.2) is 59.7 Å². The van der Waals surface area contributed by atoms with E-state index in [-0.39, 0.29) is 17.6 Å². The van der Waals surface area contributed by atoms with E-state index < -0.39 is 11.9 Å². The van der Waals surface area contributed by atoms with Gasteiger partial charge < -0.3 is 19.5 Å². The fraction of sp³-hybridized carbons (Fsp3) is 0.321. The smallest absolute Gasteiger partial charge is 0.287 e. The van der Waals surface area contributed by atoms with Crippen molar-refractivity contribution in [2.75, 3.05) is 26.2 Å². The molecule has 0 spiro atoms. The Morgan fingerprint density at radius 2 is 1.51 bits per heavy atom. The summed E-state index contributed by atoms with van der Waals surface area (Å²) < 4.78 is 5.19. The Morgan fingerprint density at radius 1 is 0.857 bits per heavy atom. The van der Waals surface area contributed by atoms with E-state index in [4.69, 9.17) is 4.42 Å². The molecular weight excluding hydrogens is 442 g/mol. The van der Waals surface area contributed by atoms with Crippen molar-refractivity contribution in [2.24, 2.45) is 0 Å². The van der Waals surface area contributed by atoms with Crippen LogP contribution in [0.15, 0.2) is 77.4 Å². The van der Waals surface area contributed by atoms with E-state index in [9.17, 15) is 14.4 Å². The Bertz CT molecular complexity index is 1130. The van der Waals surface area contributed by atoms with Crippen molar-refractivity contribution >= 4 is 17.7 Å². The highest BCUT2D eigenvalue weighted by atomic mass is 16.3. The van der Waals surface area contributed by atoms with Crippen LogP contribution in [0.25, 0.3) is 0 Å². The molecule has 1 saturated heterocycles. The van der Waals surface area contributed by atoms with Gasteiger partial charge >= 0.3 is 0 Å². The zero-order chi connectivity index (χ0) is 24.8. The zero-order valence-corrected chi connectivity index (χ0v) is 20.1. The summed E-state index contributed by atoms with van der Waals surface area (Å²) in [6, 6.07) is 19.8. The molecule has 1 aliphatic rings. The van der Waals surface area contributed by atoms with Gasteiger partial charge in [-0.25, -0.2) is 0 Å². The van der Waals surface area contributed by atoms with Crippen molar-refractivity contribution in [3.05, 3.63) is 95.4 Å². The van der Waals surface area contributed by atoms with Crippen LogP contribution in [-0.2, 0) is 11.2 Å². The third-order valence-electron chi connectivity index (χ3n) is 6.33. The van der Waals surface area contributed by atoms with Crippen molar-refractivity contribution in [3.63, 3.8) is 0 Å². The summed E-state index contributed by atoms with van der Waals surface area (Å²) in [6.07, 6.45) is 1.79. The summed E-state index contributed by atoms with van der Waals surface area (Å²) >= 11 is 0. The van der Waals surface area contributed by atoms with Crippen LogP contribution in [0.2, 0.25) is 0 Å². The lowest BCUT2D eigenvalue weighted by atomic mass is 10.0. The molecule has 0 saturated carbocycles. The average molecular weight is 474 g/mol. The highest BCUT2D eigenvalue weighted by Gasteiger charge is 2.31. The van der Waals surface area contributed by atoms with Crippen molar-refractivity contribution < 1.29 is 18.8 Å². The third kappa shape index (κ3) is 5.98. The molecule has 7 heteroatoms. The van der Waals surface area contributed by atoms with Gasteiger partial charge in [-0.05, 0) is 41.3 Å². The Labute approximate surface area is 205 Å². The Morgan fingerprint density at radius 3 is 2.11 bits per heavy atom. The van der Waals surface area contributed by atoms with E-state index in [1.54, 1.807) is 21.9 Å². The van der Waals surface area contributed by atoms with Crippen LogP contribution < -0.4 is 5.32 Å². The molecular formula is C28H31N3O4. The molecule has 35 heavy (non-hydrogen) atoms. The molecule has 1 atom stereocenters. The van der Waals surface area contributed by atoms with Crippen molar-refractivity contribution in [1.29, 1.82) is 0 Å². The van der Waals surface area contributed by atoms with Gasteiger partial charge in [-0.3, -0.25) is 14.4 Å². The minimum atomic E-state index is -0.735. The Hall–Kier alpha value is -3.87. The second-order valence-corrected chi connectivity index (χ2v) is 9.09. The molecule has 3 aromatic rings. The predicted octanol–water partition coefficient (Wildman–Crippen LogP) is 3.73. The molecule has 1 aromatic heterocycles. The normalized spacial score (nSPS) is 14.6. The highest BCUT2D eigenvalue weighted by Crippen LogP contribution is 2.17. The molecule has 0 aliphatic carbocycles. The van der Waals surface area contributed by atoms with Crippen molar-refractivity contribution in [3.8, 4) is 0 Å². The van der Waals surface area contributed by atoms with Gasteiger partial charge in [0.25, 0.3) is 11.8 Å². The second kappa shape index (κ2) is 11.0. The molecule has 1 unspecified atom stereocenters. The first-order valence-corrected chi connectivity index (χ1v) is 12.0. The summed E-state index contributed by atoms with van der Waals surface area (Å²) in [4.78, 5) is 42.5. The van der Waals surface area contributed by atoms with E-state index in [0.29, 0.717) is 44.1 Å². The van der Waals surface area contributed by atoms with Gasteiger partial charge in [-0.2, -0.15) is 0 Å². The Balaban J connectivity index is 1.40. The van der Waals surface area contributed by atoms with Crippen LogP contribution in [0.1, 0.15) is 51.8 Å². The first-order chi connectivity index (χ1) is 16.9. The molecule has 4 rings (SSSR count). The fourth-order valence-corrected chi connectivity index (χ4v) is 4.23. The van der Waals surface area contributed by atoms with E-state index in [2.05, 4.69) is 19.2 Å². The highest BCUT2D eigenvalue weighted by molar-refractivity contribution is 5.96. The number of hydrogen-bond donors (Lipinski definition) is 1. The van der Waals surface area contributed by atoms with Gasteiger partial charge in [0, 0.05) is 38.2 Å². The summed E-state index contributed by atoms with van der Waals surface area (Å²) in [5.41, 5.74) is 2.80. The number of rotatable bonds is 7. The number of piperazine rings is 1. The lowest BCUT2D eigenvalue weighted by Crippen LogP contribution is -2.56. The lowest BCUT2D eigenvalue weighted by molar-refractivity contribution is -0.134. The zero-order valence-electron chi connectivity index (χ0n) is 20.1. The number of nitrogens with zero attached hydrogens (tertiary/aromatic N) is 2. The molecule has 1 fully saturated rings. The number of carbonyl (C=O) groups excluding carboxylic acids is 3. The van der Waals surface area contributed by atoms with Crippen molar-refractivity contribution in [2.45, 2.75) is 32.2 Å². The number of furan rings is 1. The first-order valence-electron chi connectivity index (χ1n) is 12.0. The third-order valence-corrected chi connectivity index (χ3v) is 6.33. The minimum absolute atomic E-state index is 0.0284. The van der Waals surface area contributed by atoms with Crippen LogP contribution in [0.5, 0.6) is 0 Å². The molecule has 1 N–H and O–H groups in total. The second-order valence-electron chi connectivity index (χ2n) is 9.09. The van der Waals surface area contributed by atoms with E-state index in [1.807, 2.05) is 54.6 Å². The summed E-state index contributed by atoms with van der Waals surface area (Å²) in [5, 5.41) is 2.83. The number of hydrogen-bond acceptors (Lipinski definition) is 4. The molecule has 2 aromatic carbocycles. The molecule has 7 nitrogen and oxygen atoms in total. The van der Waals surface area contributed by atoms with Crippen molar-refractivity contribution in [1.82, 2.24) is 15.1 Å². The topological polar surface area (TPSA) is 82.9 Å². The minimum Gasteiger partial charge on any atom is -0.459 e. The van der Waals surface area contributed by atoms with Gasteiger partial charge in [0.15, 0.2) is 5.76 Å². The van der Waals surface area contributed by atoms with Gasteiger partial charge in [0.1, 0.15) is 6.04 Å². The van der Waals surface area contributed by atoms with E-state index in [0.717, 1.165) is 5.56 Å². The largest absolute Gasteiger partial charge is 0.459 e. The summed E-state index contributed by atoms with van der Waals surface area (Å²) in [7, 11) is 0. The van der Waals surface area contributed by atoms with Crippen LogP contribution in [0.3, 0.4) is 0 Å². The monoisotopic (exact) mass is 473 g/mol. The van der Waals surface area contributed by atoms with Gasteiger partial charge in [0.2, 0.25) is 5.91 Å². The number of carbonyl (C=O) groups is 3. The van der Waals surface area contributed by atoms with Gasteiger partial charge in [-0.15, -0.1) is 0 Å². The van der Waals surface area contributed by atoms with Gasteiger partial charge in [0.05, 0.1) is 6.26 Å². The molecule has 2 heterocycles. The molecule has 1 aliphatic heterocycles. The number of nitrogens with one attached hydrogen (secondary N) is 1. The molecule has 3 amide bonds. The van der Waals surface area contributed by atoms with Crippen LogP contribution >= 0.6 is 0 Å². The summed E-state index contributed by atoms with van der Waals surface area (Å²) in [6.45, 7) is 5.96. The number of amides is 3. The van der Waals surface area contributed by atoms with Gasteiger partial charge in [-0.1, -0.05) is 56.3 Å². The maximum absolute atomic E-state index is 13.4. The fourth-order valence-electron chi connectivity index (χ4n) is 4.23. The predicted molar refractivity (Wildman–Crippen MR) is 133 cm³/mol. The quantitative estimate of drug-likeness (QED) is 0.567. The average Bonchev–Trinajstić information content (AvgIpc) is 3.44. The summed E-state index contributed by atoms with van der Waals surface area (Å²) in [5.74, 6) is -0.0509. The lowest BCUT2D eigenvalue weighted by Gasteiger charge is -2.36. The SMILES string of the molecule is CC(C)c1ccc(C(=O)N2CCN(C(=O)C(Cc3ccccc3)NC(=O)c3ccco3)CC2)cc1. The number of benzene rings is 2. The Kier molecular flexibility index (Phi) is 7.65.